The molecular weight excluding hydrogens is 248 g/mol. The molecule has 0 spiro atoms. The van der Waals surface area contributed by atoms with Crippen LogP contribution in [0.5, 0.6) is 0 Å². The zero-order chi connectivity index (χ0) is 12.4. The average Bonchev–Trinajstić information content (AvgIpc) is 2.91. The minimum atomic E-state index is -0.280. The van der Waals surface area contributed by atoms with Crippen molar-refractivity contribution in [3.63, 3.8) is 0 Å². The maximum atomic E-state index is 11.9. The van der Waals surface area contributed by atoms with Crippen molar-refractivity contribution in [2.75, 3.05) is 5.32 Å². The highest BCUT2D eigenvalue weighted by atomic mass is 32.1. The van der Waals surface area contributed by atoms with Crippen LogP contribution in [-0.2, 0) is 0 Å². The summed E-state index contributed by atoms with van der Waals surface area (Å²) in [5.41, 5.74) is 1.16. The van der Waals surface area contributed by atoms with Gasteiger partial charge in [0.1, 0.15) is 12.0 Å². The lowest BCUT2D eigenvalue weighted by atomic mass is 10.2. The van der Waals surface area contributed by atoms with Crippen LogP contribution >= 0.6 is 11.5 Å². The molecule has 18 heavy (non-hydrogen) atoms. The van der Waals surface area contributed by atoms with Gasteiger partial charge in [-0.05, 0) is 12.1 Å². The molecule has 6 heteroatoms. The molecule has 0 unspecified atom stereocenters. The Hall–Kier alpha value is -2.34. The molecule has 1 N–H and O–H groups in total. The molecular formula is C12H8N4OS. The fraction of sp³-hybridized carbons (Fsp3) is 0. The molecule has 0 aliphatic heterocycles. The van der Waals surface area contributed by atoms with Crippen molar-refractivity contribution >= 4 is 33.5 Å². The number of para-hydroxylation sites is 1. The molecule has 0 saturated heterocycles. The first kappa shape index (κ1) is 10.8. The van der Waals surface area contributed by atoms with Crippen molar-refractivity contribution in [1.29, 1.82) is 0 Å². The van der Waals surface area contributed by atoms with Crippen LogP contribution in [0.3, 0.4) is 0 Å². The zero-order valence-electron chi connectivity index (χ0n) is 9.20. The number of amides is 1. The second-order valence-electron chi connectivity index (χ2n) is 3.59. The Morgan fingerprint density at radius 3 is 2.89 bits per heavy atom. The molecule has 5 nitrogen and oxygen atoms in total. The van der Waals surface area contributed by atoms with Gasteiger partial charge in [0.25, 0.3) is 5.91 Å². The van der Waals surface area contributed by atoms with E-state index in [2.05, 4.69) is 19.7 Å². The summed E-state index contributed by atoms with van der Waals surface area (Å²) in [4.78, 5) is 20.1. The molecule has 88 valence electrons. The van der Waals surface area contributed by atoms with E-state index in [1.807, 2.05) is 30.3 Å². The molecule has 1 amide bonds. The van der Waals surface area contributed by atoms with Gasteiger partial charge in [-0.15, -0.1) is 0 Å². The number of carbonyl (C=O) groups excluding carboxylic acids is 1. The summed E-state index contributed by atoms with van der Waals surface area (Å²) >= 11 is 1.13. The normalized spacial score (nSPS) is 10.4. The third-order valence-electron chi connectivity index (χ3n) is 2.41. The quantitative estimate of drug-likeness (QED) is 0.764. The van der Waals surface area contributed by atoms with Gasteiger partial charge in [0.05, 0.1) is 5.52 Å². The number of anilines is 1. The number of nitrogens with zero attached hydrogens (tertiary/aromatic N) is 3. The molecule has 1 aromatic carbocycles. The van der Waals surface area contributed by atoms with E-state index in [9.17, 15) is 4.79 Å². The molecule has 0 saturated carbocycles. The van der Waals surface area contributed by atoms with Crippen LogP contribution in [0, 0.1) is 0 Å². The van der Waals surface area contributed by atoms with Gasteiger partial charge >= 0.3 is 0 Å². The van der Waals surface area contributed by atoms with Crippen molar-refractivity contribution < 1.29 is 4.79 Å². The predicted octanol–water partition coefficient (Wildman–Crippen LogP) is 2.34. The molecule has 0 atom stereocenters. The van der Waals surface area contributed by atoms with E-state index in [1.54, 1.807) is 6.07 Å². The van der Waals surface area contributed by atoms with Crippen LogP contribution < -0.4 is 5.32 Å². The van der Waals surface area contributed by atoms with Gasteiger partial charge in [-0.25, -0.2) is 9.97 Å². The Labute approximate surface area is 107 Å². The summed E-state index contributed by atoms with van der Waals surface area (Å²) in [5, 5.41) is 4.12. The largest absolute Gasteiger partial charge is 0.295 e. The van der Waals surface area contributed by atoms with Gasteiger partial charge in [0, 0.05) is 16.9 Å². The third-order valence-corrected chi connectivity index (χ3v) is 2.99. The number of nitrogens with one attached hydrogen (secondary N) is 1. The molecule has 0 aliphatic rings. The first-order valence-corrected chi connectivity index (χ1v) is 6.04. The lowest BCUT2D eigenvalue weighted by Crippen LogP contribution is -2.13. The summed E-state index contributed by atoms with van der Waals surface area (Å²) in [7, 11) is 0. The van der Waals surface area contributed by atoms with Crippen molar-refractivity contribution in [2.24, 2.45) is 0 Å². The fourth-order valence-corrected chi connectivity index (χ4v) is 2.01. The van der Waals surface area contributed by atoms with Gasteiger partial charge in [-0.2, -0.15) is 4.37 Å². The van der Waals surface area contributed by atoms with Crippen molar-refractivity contribution in [3.8, 4) is 0 Å². The van der Waals surface area contributed by atoms with E-state index >= 15 is 0 Å². The Morgan fingerprint density at radius 1 is 1.17 bits per heavy atom. The number of hydrogen-bond acceptors (Lipinski definition) is 5. The molecule has 2 heterocycles. The number of fused-ring (bicyclic) bond motifs is 1. The van der Waals surface area contributed by atoms with Crippen LogP contribution in [0.1, 0.15) is 10.5 Å². The number of pyridine rings is 1. The number of rotatable bonds is 2. The lowest BCUT2D eigenvalue weighted by molar-refractivity contribution is 0.102. The monoisotopic (exact) mass is 256 g/mol. The van der Waals surface area contributed by atoms with Crippen molar-refractivity contribution in [3.05, 3.63) is 48.4 Å². The van der Waals surface area contributed by atoms with Crippen LogP contribution in [0.2, 0.25) is 0 Å². The molecule has 0 fully saturated rings. The first-order chi connectivity index (χ1) is 8.83. The Balaban J connectivity index is 1.92. The molecule has 0 bridgehead atoms. The summed E-state index contributed by atoms with van der Waals surface area (Å²) in [6.07, 6.45) is 1.40. The third kappa shape index (κ3) is 2.05. The van der Waals surface area contributed by atoms with E-state index in [1.165, 1.54) is 6.33 Å². The molecule has 3 aromatic rings. The summed E-state index contributed by atoms with van der Waals surface area (Å²) < 4.78 is 3.81. The minimum absolute atomic E-state index is 0.280. The number of benzene rings is 1. The van der Waals surface area contributed by atoms with Crippen LogP contribution in [0.15, 0.2) is 42.7 Å². The number of carbonyl (C=O) groups is 1. The van der Waals surface area contributed by atoms with E-state index in [0.717, 1.165) is 22.4 Å². The summed E-state index contributed by atoms with van der Waals surface area (Å²) in [6.45, 7) is 0. The van der Waals surface area contributed by atoms with Crippen LogP contribution in [0.25, 0.3) is 10.9 Å². The smallest absolute Gasteiger partial charge is 0.276 e. The molecule has 2 aromatic heterocycles. The molecule has 3 rings (SSSR count). The van der Waals surface area contributed by atoms with Crippen LogP contribution in [0.4, 0.5) is 5.13 Å². The first-order valence-electron chi connectivity index (χ1n) is 5.27. The predicted molar refractivity (Wildman–Crippen MR) is 69.6 cm³/mol. The van der Waals surface area contributed by atoms with Gasteiger partial charge in [-0.1, -0.05) is 24.3 Å². The number of hydrogen-bond donors (Lipinski definition) is 1. The topological polar surface area (TPSA) is 67.8 Å². The maximum absolute atomic E-state index is 11.9. The molecule has 0 radical (unpaired) electrons. The Kier molecular flexibility index (Phi) is 2.70. The minimum Gasteiger partial charge on any atom is -0.295 e. The second kappa shape index (κ2) is 4.50. The summed E-state index contributed by atoms with van der Waals surface area (Å²) in [6, 6.07) is 11.2. The fourth-order valence-electron chi connectivity index (χ4n) is 1.58. The van der Waals surface area contributed by atoms with Crippen molar-refractivity contribution in [1.82, 2.24) is 14.3 Å². The SMILES string of the molecule is O=C(Nc1ncns1)c1ccc2ccccc2n1. The van der Waals surface area contributed by atoms with E-state index in [4.69, 9.17) is 0 Å². The highest BCUT2D eigenvalue weighted by molar-refractivity contribution is 7.09. The highest BCUT2D eigenvalue weighted by Crippen LogP contribution is 2.13. The van der Waals surface area contributed by atoms with E-state index < -0.39 is 0 Å². The highest BCUT2D eigenvalue weighted by Gasteiger charge is 2.09. The lowest BCUT2D eigenvalue weighted by Gasteiger charge is -2.02. The van der Waals surface area contributed by atoms with Gasteiger partial charge in [0.2, 0.25) is 5.13 Å². The van der Waals surface area contributed by atoms with Gasteiger partial charge < -0.3 is 0 Å². The van der Waals surface area contributed by atoms with Gasteiger partial charge in [-0.3, -0.25) is 10.1 Å². The van der Waals surface area contributed by atoms with Crippen molar-refractivity contribution in [2.45, 2.75) is 0 Å². The summed E-state index contributed by atoms with van der Waals surface area (Å²) in [5.74, 6) is -0.280. The standard InChI is InChI=1S/C12H8N4OS/c17-11(16-12-13-7-14-18-12)10-6-5-8-3-1-2-4-9(8)15-10/h1-7H,(H,13,14,16,17). The average molecular weight is 256 g/mol. The number of aromatic nitrogens is 3. The zero-order valence-corrected chi connectivity index (χ0v) is 10.0. The van der Waals surface area contributed by atoms with Gasteiger partial charge in [0.15, 0.2) is 0 Å². The van der Waals surface area contributed by atoms with E-state index in [0.29, 0.717) is 10.8 Å². The van der Waals surface area contributed by atoms with Crippen LogP contribution in [-0.4, -0.2) is 20.2 Å². The second-order valence-corrected chi connectivity index (χ2v) is 4.37. The van der Waals surface area contributed by atoms with E-state index in [-0.39, 0.29) is 5.91 Å². The molecule has 0 aliphatic carbocycles. The Morgan fingerprint density at radius 2 is 2.06 bits per heavy atom. The maximum Gasteiger partial charge on any atom is 0.276 e. The Bertz CT molecular complexity index is 696.